The standard InChI is InChI=1S/C15H27BNO2/c1-8(2)5-12(17)16-14-18-11-7-9-6-10(13(11)19-14)15(9,3)4/h8-14H,5-7,17H2,1-4H3/t9-,10+,11-,12+,13+,14+/m1/s1. The maximum atomic E-state index is 6.15. The van der Waals surface area contributed by atoms with E-state index in [-0.39, 0.29) is 12.1 Å². The van der Waals surface area contributed by atoms with Gasteiger partial charge in [-0.05, 0) is 48.4 Å². The van der Waals surface area contributed by atoms with Crippen molar-refractivity contribution in [2.45, 2.75) is 71.3 Å². The number of hydrogen-bond donors (Lipinski definition) is 1. The molecule has 1 radical (unpaired) electrons. The number of nitrogens with two attached hydrogens (primary N) is 1. The average molecular weight is 264 g/mol. The number of rotatable bonds is 4. The van der Waals surface area contributed by atoms with Gasteiger partial charge in [0.15, 0.2) is 0 Å². The highest BCUT2D eigenvalue weighted by Gasteiger charge is 2.61. The Morgan fingerprint density at radius 1 is 1.26 bits per heavy atom. The fourth-order valence-electron chi connectivity index (χ4n) is 4.28. The molecule has 0 amide bonds. The molecule has 4 rings (SSSR count). The molecule has 0 aromatic carbocycles. The van der Waals surface area contributed by atoms with E-state index in [1.807, 2.05) is 0 Å². The summed E-state index contributed by atoms with van der Waals surface area (Å²) >= 11 is 0. The van der Waals surface area contributed by atoms with Crippen molar-refractivity contribution in [3.05, 3.63) is 0 Å². The van der Waals surface area contributed by atoms with Crippen LogP contribution in [0.25, 0.3) is 0 Å². The van der Waals surface area contributed by atoms with Crippen molar-refractivity contribution < 1.29 is 9.47 Å². The van der Waals surface area contributed by atoms with Crippen LogP contribution in [0.5, 0.6) is 0 Å². The van der Waals surface area contributed by atoms with Crippen molar-refractivity contribution in [2.24, 2.45) is 28.9 Å². The van der Waals surface area contributed by atoms with Crippen molar-refractivity contribution in [1.29, 1.82) is 0 Å². The minimum absolute atomic E-state index is 0.0770. The molecule has 3 saturated carbocycles. The molecule has 107 valence electrons. The largest absolute Gasteiger partial charge is 0.355 e. The third-order valence-electron chi connectivity index (χ3n) is 5.57. The van der Waals surface area contributed by atoms with E-state index in [0.717, 1.165) is 18.8 Å². The van der Waals surface area contributed by atoms with Crippen LogP contribution < -0.4 is 5.73 Å². The Balaban J connectivity index is 1.56. The van der Waals surface area contributed by atoms with Gasteiger partial charge in [0.25, 0.3) is 0 Å². The molecule has 6 atom stereocenters. The second-order valence-electron chi connectivity index (χ2n) is 7.73. The normalized spacial score (nSPS) is 44.6. The van der Waals surface area contributed by atoms with E-state index in [9.17, 15) is 0 Å². The van der Waals surface area contributed by atoms with Crippen LogP contribution in [0.4, 0.5) is 0 Å². The van der Waals surface area contributed by atoms with E-state index in [2.05, 4.69) is 35.0 Å². The summed E-state index contributed by atoms with van der Waals surface area (Å²) in [4.78, 5) is 0. The highest BCUT2D eigenvalue weighted by Crippen LogP contribution is 2.61. The SMILES string of the molecule is CC(C)C[C@H](N)[B][C@@H]1O[C@@H]2[C@@H](C[C@H]3C[C@@H]2C3(C)C)O1. The summed E-state index contributed by atoms with van der Waals surface area (Å²) in [6.45, 7) is 9.15. The zero-order valence-electron chi connectivity index (χ0n) is 12.6. The van der Waals surface area contributed by atoms with Gasteiger partial charge in [-0.15, -0.1) is 0 Å². The summed E-state index contributed by atoms with van der Waals surface area (Å²) in [7, 11) is 2.06. The molecule has 4 fully saturated rings. The van der Waals surface area contributed by atoms with Crippen LogP contribution in [0, 0.1) is 23.2 Å². The number of ether oxygens (including phenoxy) is 2. The minimum atomic E-state index is -0.182. The van der Waals surface area contributed by atoms with Gasteiger partial charge in [-0.3, -0.25) is 0 Å². The Bertz CT molecular complexity index is 345. The summed E-state index contributed by atoms with van der Waals surface area (Å²) in [6.07, 6.45) is 3.91. The van der Waals surface area contributed by atoms with Gasteiger partial charge in [-0.1, -0.05) is 27.7 Å². The Hall–Kier alpha value is -0.0551. The molecule has 2 N–H and O–H groups in total. The van der Waals surface area contributed by atoms with Crippen LogP contribution in [-0.4, -0.2) is 31.6 Å². The summed E-state index contributed by atoms with van der Waals surface area (Å²) in [5.74, 6) is 2.19. The van der Waals surface area contributed by atoms with E-state index < -0.39 is 0 Å². The van der Waals surface area contributed by atoms with Gasteiger partial charge in [-0.25, -0.2) is 0 Å². The fraction of sp³-hybridized carbons (Fsp3) is 1.00. The van der Waals surface area contributed by atoms with Crippen LogP contribution in [0.1, 0.15) is 47.0 Å². The maximum absolute atomic E-state index is 6.15. The maximum Gasteiger partial charge on any atom is 0.208 e. The van der Waals surface area contributed by atoms with Crippen LogP contribution in [0.3, 0.4) is 0 Å². The summed E-state index contributed by atoms with van der Waals surface area (Å²) in [6, 6.07) is 0. The molecule has 0 aromatic heterocycles. The van der Waals surface area contributed by atoms with Gasteiger partial charge in [0.05, 0.1) is 12.2 Å². The predicted octanol–water partition coefficient (Wildman–Crippen LogP) is 2.16. The summed E-state index contributed by atoms with van der Waals surface area (Å²) < 4.78 is 12.2. The lowest BCUT2D eigenvalue weighted by molar-refractivity contribution is -0.152. The topological polar surface area (TPSA) is 44.5 Å². The lowest BCUT2D eigenvalue weighted by Crippen LogP contribution is -2.59. The molecule has 4 heteroatoms. The quantitative estimate of drug-likeness (QED) is 0.791. The first-order valence-corrected chi connectivity index (χ1v) is 7.79. The molecule has 1 aliphatic heterocycles. The monoisotopic (exact) mass is 264 g/mol. The zero-order valence-corrected chi connectivity index (χ0v) is 12.6. The zero-order chi connectivity index (χ0) is 13.8. The lowest BCUT2D eigenvalue weighted by Gasteiger charge is -2.59. The smallest absolute Gasteiger partial charge is 0.208 e. The Labute approximate surface area is 117 Å². The van der Waals surface area contributed by atoms with E-state index in [1.54, 1.807) is 0 Å². The van der Waals surface area contributed by atoms with Gasteiger partial charge in [0, 0.05) is 0 Å². The highest BCUT2D eigenvalue weighted by molar-refractivity contribution is 6.38. The van der Waals surface area contributed by atoms with Crippen molar-refractivity contribution in [1.82, 2.24) is 0 Å². The van der Waals surface area contributed by atoms with Crippen LogP contribution in [0.15, 0.2) is 0 Å². The minimum Gasteiger partial charge on any atom is -0.355 e. The van der Waals surface area contributed by atoms with Gasteiger partial charge < -0.3 is 15.2 Å². The van der Waals surface area contributed by atoms with Crippen molar-refractivity contribution in [2.75, 3.05) is 0 Å². The molecular weight excluding hydrogens is 237 g/mol. The van der Waals surface area contributed by atoms with Gasteiger partial charge in [0.1, 0.15) is 6.19 Å². The molecule has 0 spiro atoms. The van der Waals surface area contributed by atoms with E-state index >= 15 is 0 Å². The highest BCUT2D eigenvalue weighted by atomic mass is 16.7. The lowest BCUT2D eigenvalue weighted by atomic mass is 9.47. The second-order valence-corrected chi connectivity index (χ2v) is 7.73. The molecular formula is C15H27BNO2. The van der Waals surface area contributed by atoms with E-state index in [1.165, 1.54) is 6.42 Å². The summed E-state index contributed by atoms with van der Waals surface area (Å²) in [5, 5.41) is 0. The first-order chi connectivity index (χ1) is 8.88. The molecule has 1 heterocycles. The van der Waals surface area contributed by atoms with E-state index in [4.69, 9.17) is 15.2 Å². The molecule has 19 heavy (non-hydrogen) atoms. The van der Waals surface area contributed by atoms with E-state index in [0.29, 0.717) is 29.5 Å². The van der Waals surface area contributed by atoms with Crippen LogP contribution >= 0.6 is 0 Å². The predicted molar refractivity (Wildman–Crippen MR) is 76.7 cm³/mol. The molecule has 0 aromatic rings. The van der Waals surface area contributed by atoms with Crippen molar-refractivity contribution in [3.8, 4) is 0 Å². The Morgan fingerprint density at radius 3 is 2.63 bits per heavy atom. The molecule has 3 aliphatic carbocycles. The Morgan fingerprint density at radius 2 is 2.00 bits per heavy atom. The molecule has 3 nitrogen and oxygen atoms in total. The first-order valence-electron chi connectivity index (χ1n) is 7.79. The van der Waals surface area contributed by atoms with Crippen molar-refractivity contribution >= 4 is 7.28 Å². The third-order valence-corrected chi connectivity index (χ3v) is 5.57. The molecule has 2 bridgehead atoms. The average Bonchev–Trinajstić information content (AvgIpc) is 2.68. The fourth-order valence-corrected chi connectivity index (χ4v) is 4.28. The van der Waals surface area contributed by atoms with Gasteiger partial charge >= 0.3 is 0 Å². The van der Waals surface area contributed by atoms with Gasteiger partial charge in [-0.2, -0.15) is 0 Å². The van der Waals surface area contributed by atoms with Crippen LogP contribution in [0.2, 0.25) is 0 Å². The van der Waals surface area contributed by atoms with Gasteiger partial charge in [0.2, 0.25) is 7.28 Å². The Kier molecular flexibility index (Phi) is 3.47. The molecule has 4 aliphatic rings. The number of hydrogen-bond acceptors (Lipinski definition) is 3. The van der Waals surface area contributed by atoms with Crippen LogP contribution in [-0.2, 0) is 9.47 Å². The third kappa shape index (κ3) is 2.36. The summed E-state index contributed by atoms with van der Waals surface area (Å²) in [5.41, 5.74) is 6.57. The molecule has 0 unspecified atom stereocenters. The molecule has 1 saturated heterocycles. The first kappa shape index (κ1) is 13.9. The van der Waals surface area contributed by atoms with Crippen molar-refractivity contribution in [3.63, 3.8) is 0 Å². The second kappa shape index (κ2) is 4.75.